The minimum absolute atomic E-state index is 0. The Balaban J connectivity index is 0.00000243. The predicted molar refractivity (Wildman–Crippen MR) is 96.9 cm³/mol. The van der Waals surface area contributed by atoms with Gasteiger partial charge in [0.15, 0.2) is 11.0 Å². The first-order valence-electron chi connectivity index (χ1n) is 8.55. The highest BCUT2D eigenvalue weighted by molar-refractivity contribution is 5.77. The van der Waals surface area contributed by atoms with Crippen LogP contribution in [0.4, 0.5) is 0 Å². The third-order valence-electron chi connectivity index (χ3n) is 4.37. The van der Waals surface area contributed by atoms with Gasteiger partial charge < -0.3 is 34.4 Å². The lowest BCUT2D eigenvalue weighted by molar-refractivity contribution is -0.645. The summed E-state index contributed by atoms with van der Waals surface area (Å²) < 4.78 is 4.14. The number of nitrogens with zero attached hydrogens (tertiary/aromatic N) is 2. The van der Waals surface area contributed by atoms with Crippen molar-refractivity contribution in [1.29, 1.82) is 0 Å². The van der Waals surface area contributed by atoms with Gasteiger partial charge in [0.2, 0.25) is 12.2 Å². The maximum atomic E-state index is 12.3. The molecule has 0 bridgehead atoms. The number of imidazole rings is 1. The van der Waals surface area contributed by atoms with E-state index in [0.29, 0.717) is 19.4 Å². The fraction of sp³-hybridized carbons (Fsp3) is 0.300. The van der Waals surface area contributed by atoms with E-state index in [-0.39, 0.29) is 42.5 Å². The largest absolute Gasteiger partial charge is 1.00 e. The number of para-hydroxylation sites is 2. The van der Waals surface area contributed by atoms with E-state index in [2.05, 4.69) is 26.6 Å². The number of carbonyl (C=O) groups excluding carboxylic acids is 1. The number of carbonyl (C=O) groups is 1. The molecule has 6 heteroatoms. The molecule has 0 aliphatic carbocycles. The molecule has 1 aromatic heterocycles. The van der Waals surface area contributed by atoms with Gasteiger partial charge in [0.1, 0.15) is 0 Å². The van der Waals surface area contributed by atoms with Crippen LogP contribution in [0, 0.1) is 0 Å². The molecule has 1 heterocycles. The molecule has 0 saturated heterocycles. The quantitative estimate of drug-likeness (QED) is 0.333. The van der Waals surface area contributed by atoms with Gasteiger partial charge in [-0.15, -0.1) is 0 Å². The summed E-state index contributed by atoms with van der Waals surface area (Å²) in [6.45, 7) is 0.540. The molecule has 3 rings (SSSR count). The molecule has 2 aromatic carbocycles. The van der Waals surface area contributed by atoms with Crippen LogP contribution in [0.15, 0.2) is 60.9 Å². The minimum Gasteiger partial charge on any atom is -1.00 e. The van der Waals surface area contributed by atoms with Crippen molar-refractivity contribution in [3.05, 3.63) is 66.5 Å². The van der Waals surface area contributed by atoms with E-state index in [1.807, 2.05) is 55.8 Å². The Morgan fingerprint density at radius 2 is 1.85 bits per heavy atom. The zero-order valence-corrected chi connectivity index (χ0v) is 17.0. The summed E-state index contributed by atoms with van der Waals surface area (Å²) in [7, 11) is 2.00. The SMILES string of the molecule is C[n+]1cn(CCC(=O)N[C@H](CO)Cc2ccccc2)c2ccccc21.[I-]. The first kappa shape index (κ1) is 20.4. The van der Waals surface area contributed by atoms with Crippen LogP contribution in [0.3, 0.4) is 0 Å². The lowest BCUT2D eigenvalue weighted by Gasteiger charge is -2.16. The second-order valence-corrected chi connectivity index (χ2v) is 6.30. The van der Waals surface area contributed by atoms with Gasteiger partial charge in [-0.25, -0.2) is 9.13 Å². The fourth-order valence-corrected chi connectivity index (χ4v) is 3.10. The highest BCUT2D eigenvalue weighted by Gasteiger charge is 2.16. The number of aromatic nitrogens is 2. The summed E-state index contributed by atoms with van der Waals surface area (Å²) in [5, 5.41) is 12.5. The fourth-order valence-electron chi connectivity index (χ4n) is 3.10. The van der Waals surface area contributed by atoms with Crippen molar-refractivity contribution >= 4 is 16.9 Å². The van der Waals surface area contributed by atoms with E-state index >= 15 is 0 Å². The second kappa shape index (κ2) is 9.68. The lowest BCUT2D eigenvalue weighted by atomic mass is 10.1. The molecule has 0 saturated carbocycles. The van der Waals surface area contributed by atoms with Crippen LogP contribution in [-0.4, -0.2) is 28.2 Å². The van der Waals surface area contributed by atoms with E-state index in [1.54, 1.807) is 0 Å². The molecular weight excluding hydrogens is 441 g/mol. The number of aliphatic hydroxyl groups excluding tert-OH is 1. The number of halogens is 1. The summed E-state index contributed by atoms with van der Waals surface area (Å²) >= 11 is 0. The van der Waals surface area contributed by atoms with Gasteiger partial charge in [-0.05, 0) is 24.1 Å². The number of nitrogens with one attached hydrogen (secondary N) is 1. The Morgan fingerprint density at radius 1 is 1.15 bits per heavy atom. The molecule has 0 aliphatic heterocycles. The molecule has 0 radical (unpaired) electrons. The highest BCUT2D eigenvalue weighted by atomic mass is 127. The Labute approximate surface area is 170 Å². The van der Waals surface area contributed by atoms with Crippen LogP contribution in [0.5, 0.6) is 0 Å². The average Bonchev–Trinajstić information content (AvgIpc) is 2.97. The molecule has 0 unspecified atom stereocenters. The minimum atomic E-state index is -0.257. The molecule has 2 N–H and O–H groups in total. The molecule has 0 fully saturated rings. The Hall–Kier alpha value is -1.93. The molecule has 0 aliphatic rings. The average molecular weight is 465 g/mol. The number of amides is 1. The number of hydrogen-bond acceptors (Lipinski definition) is 2. The van der Waals surface area contributed by atoms with Crippen LogP contribution in [0.2, 0.25) is 0 Å². The molecule has 26 heavy (non-hydrogen) atoms. The smallest absolute Gasteiger partial charge is 0.244 e. The monoisotopic (exact) mass is 465 g/mol. The zero-order valence-electron chi connectivity index (χ0n) is 14.8. The van der Waals surface area contributed by atoms with E-state index < -0.39 is 0 Å². The van der Waals surface area contributed by atoms with Crippen molar-refractivity contribution < 1.29 is 38.4 Å². The van der Waals surface area contributed by atoms with Crippen molar-refractivity contribution in [2.45, 2.75) is 25.4 Å². The van der Waals surface area contributed by atoms with Gasteiger partial charge in [0.05, 0.1) is 32.7 Å². The molecular formula is C20H24IN3O2. The number of fused-ring (bicyclic) bond motifs is 1. The maximum absolute atomic E-state index is 12.3. The number of benzene rings is 2. The summed E-state index contributed by atoms with van der Waals surface area (Å²) in [6.07, 6.45) is 3.01. The van der Waals surface area contributed by atoms with E-state index in [4.69, 9.17) is 0 Å². The van der Waals surface area contributed by atoms with Gasteiger partial charge >= 0.3 is 0 Å². The van der Waals surface area contributed by atoms with Gasteiger partial charge in [0, 0.05) is 0 Å². The second-order valence-electron chi connectivity index (χ2n) is 6.30. The van der Waals surface area contributed by atoms with Gasteiger partial charge in [-0.2, -0.15) is 0 Å². The summed E-state index contributed by atoms with van der Waals surface area (Å²) in [6, 6.07) is 17.7. The third kappa shape index (κ3) is 5.04. The highest BCUT2D eigenvalue weighted by Crippen LogP contribution is 2.10. The third-order valence-corrected chi connectivity index (χ3v) is 4.37. The number of rotatable bonds is 7. The van der Waals surface area contributed by atoms with Crippen LogP contribution in [0.1, 0.15) is 12.0 Å². The maximum Gasteiger partial charge on any atom is 0.244 e. The summed E-state index contributed by atoms with van der Waals surface area (Å²) in [4.78, 5) is 12.3. The number of aliphatic hydroxyl groups is 1. The van der Waals surface area contributed by atoms with Crippen LogP contribution >= 0.6 is 0 Å². The van der Waals surface area contributed by atoms with E-state index in [9.17, 15) is 9.90 Å². The molecule has 1 amide bonds. The summed E-state index contributed by atoms with van der Waals surface area (Å²) in [5.41, 5.74) is 3.35. The van der Waals surface area contributed by atoms with Crippen LogP contribution in [0.25, 0.3) is 11.0 Å². The van der Waals surface area contributed by atoms with Gasteiger partial charge in [-0.3, -0.25) is 4.79 Å². The number of aryl methyl sites for hydroxylation is 2. The van der Waals surface area contributed by atoms with Crippen LogP contribution in [-0.2, 0) is 24.8 Å². The Bertz CT molecular complexity index is 849. The molecule has 138 valence electrons. The van der Waals surface area contributed by atoms with Crippen molar-refractivity contribution in [2.75, 3.05) is 6.61 Å². The first-order chi connectivity index (χ1) is 12.2. The van der Waals surface area contributed by atoms with Crippen molar-refractivity contribution in [2.24, 2.45) is 7.05 Å². The first-order valence-corrected chi connectivity index (χ1v) is 8.55. The molecule has 3 aromatic rings. The van der Waals surface area contributed by atoms with Crippen molar-refractivity contribution in [3.63, 3.8) is 0 Å². The predicted octanol–water partition coefficient (Wildman–Crippen LogP) is -1.42. The van der Waals surface area contributed by atoms with Crippen LogP contribution < -0.4 is 33.9 Å². The standard InChI is InChI=1S/C20H23N3O2.HI/c1-22-15-23(19-10-6-5-9-18(19)22)12-11-20(25)21-17(14-24)13-16-7-3-2-4-8-16;/h2-10,15,17,24H,11-14H2,1H3;1H/t17-;/m0./s1. The lowest BCUT2D eigenvalue weighted by Crippen LogP contribution is -3.00. The van der Waals surface area contributed by atoms with Crippen molar-refractivity contribution in [1.82, 2.24) is 9.88 Å². The van der Waals surface area contributed by atoms with E-state index in [1.165, 1.54) is 0 Å². The van der Waals surface area contributed by atoms with Crippen molar-refractivity contribution in [3.8, 4) is 0 Å². The normalized spacial score (nSPS) is 11.8. The van der Waals surface area contributed by atoms with E-state index in [0.717, 1.165) is 16.6 Å². The number of hydrogen-bond donors (Lipinski definition) is 2. The molecule has 0 spiro atoms. The molecule has 5 nitrogen and oxygen atoms in total. The summed E-state index contributed by atoms with van der Waals surface area (Å²) in [5.74, 6) is -0.0459. The van der Waals surface area contributed by atoms with Gasteiger partial charge in [-0.1, -0.05) is 42.5 Å². The Kier molecular flexibility index (Phi) is 7.59. The molecule has 1 atom stereocenters. The van der Waals surface area contributed by atoms with Gasteiger partial charge in [0.25, 0.3) is 0 Å². The zero-order chi connectivity index (χ0) is 17.6. The topological polar surface area (TPSA) is 58.1 Å². The Morgan fingerprint density at radius 3 is 2.58 bits per heavy atom.